The van der Waals surface area contributed by atoms with Gasteiger partial charge in [-0.25, -0.2) is 0 Å². The van der Waals surface area contributed by atoms with E-state index in [4.69, 9.17) is 0 Å². The fourth-order valence-corrected chi connectivity index (χ4v) is 8.58. The average Bonchev–Trinajstić information content (AvgIpc) is 3.58. The van der Waals surface area contributed by atoms with Crippen LogP contribution in [0.2, 0.25) is 0 Å². The zero-order chi connectivity index (χ0) is 32.0. The number of anilines is 3. The van der Waals surface area contributed by atoms with Gasteiger partial charge in [0.05, 0.1) is 5.41 Å². The van der Waals surface area contributed by atoms with Gasteiger partial charge in [0.2, 0.25) is 0 Å². The van der Waals surface area contributed by atoms with Crippen molar-refractivity contribution in [1.29, 1.82) is 0 Å². The van der Waals surface area contributed by atoms with E-state index in [0.717, 1.165) is 11.4 Å². The van der Waals surface area contributed by atoms with Crippen molar-refractivity contribution in [3.63, 3.8) is 0 Å². The molecule has 0 radical (unpaired) electrons. The van der Waals surface area contributed by atoms with Gasteiger partial charge in [-0.2, -0.15) is 0 Å². The van der Waals surface area contributed by atoms with E-state index >= 15 is 0 Å². The van der Waals surface area contributed by atoms with Crippen molar-refractivity contribution in [2.45, 2.75) is 19.3 Å². The zero-order valence-electron chi connectivity index (χ0n) is 27.0. The van der Waals surface area contributed by atoms with Crippen molar-refractivity contribution in [2.75, 3.05) is 4.90 Å². The van der Waals surface area contributed by atoms with Gasteiger partial charge in [0.15, 0.2) is 0 Å². The Kier molecular flexibility index (Phi) is 5.69. The molecular formula is C47H33N. The first-order chi connectivity index (χ1) is 23.6. The molecule has 8 aromatic rings. The highest BCUT2D eigenvalue weighted by atomic mass is 15.1. The Hall–Kier alpha value is -5.92. The first-order valence-electron chi connectivity index (χ1n) is 16.8. The average molecular weight is 612 g/mol. The van der Waals surface area contributed by atoms with Gasteiger partial charge in [0.1, 0.15) is 0 Å². The second-order valence-electron chi connectivity index (χ2n) is 13.5. The lowest BCUT2D eigenvalue weighted by Gasteiger charge is -2.31. The molecule has 48 heavy (non-hydrogen) atoms. The molecule has 0 saturated carbocycles. The van der Waals surface area contributed by atoms with E-state index in [1.807, 2.05) is 0 Å². The molecule has 0 bridgehead atoms. The van der Waals surface area contributed by atoms with Crippen LogP contribution in [-0.4, -0.2) is 0 Å². The number of hydrogen-bond acceptors (Lipinski definition) is 1. The number of rotatable bonds is 3. The molecule has 0 N–H and O–H groups in total. The molecule has 0 amide bonds. The van der Waals surface area contributed by atoms with E-state index in [2.05, 4.69) is 183 Å². The molecule has 1 nitrogen and oxygen atoms in total. The molecule has 2 aliphatic rings. The number of para-hydroxylation sites is 1. The molecule has 226 valence electrons. The summed E-state index contributed by atoms with van der Waals surface area (Å²) in [6, 6.07) is 61.3. The highest BCUT2D eigenvalue weighted by Crippen LogP contribution is 2.63. The summed E-state index contributed by atoms with van der Waals surface area (Å²) in [4.78, 5) is 2.39. The molecule has 0 saturated heterocycles. The Morgan fingerprint density at radius 3 is 1.52 bits per heavy atom. The Morgan fingerprint density at radius 2 is 0.854 bits per heavy atom. The van der Waals surface area contributed by atoms with Crippen molar-refractivity contribution < 1.29 is 0 Å². The molecule has 0 aliphatic heterocycles. The van der Waals surface area contributed by atoms with Gasteiger partial charge in [0.25, 0.3) is 0 Å². The topological polar surface area (TPSA) is 3.24 Å². The van der Waals surface area contributed by atoms with Gasteiger partial charge in [-0.3, -0.25) is 0 Å². The lowest BCUT2D eigenvalue weighted by molar-refractivity contribution is 0.796. The van der Waals surface area contributed by atoms with Gasteiger partial charge in [-0.1, -0.05) is 103 Å². The van der Waals surface area contributed by atoms with E-state index in [9.17, 15) is 0 Å². The monoisotopic (exact) mass is 611 g/mol. The fraction of sp³-hybridized carbons (Fsp3) is 0.0638. The van der Waals surface area contributed by atoms with Crippen LogP contribution in [0.25, 0.3) is 43.8 Å². The smallest absolute Gasteiger partial charge is 0.0725 e. The minimum Gasteiger partial charge on any atom is -0.310 e. The maximum Gasteiger partial charge on any atom is 0.0725 e. The third-order valence-corrected chi connectivity index (χ3v) is 10.9. The first kappa shape index (κ1) is 27.2. The van der Waals surface area contributed by atoms with Crippen LogP contribution in [0.1, 0.15) is 33.4 Å². The summed E-state index contributed by atoms with van der Waals surface area (Å²) < 4.78 is 0. The fourth-order valence-electron chi connectivity index (χ4n) is 8.58. The lowest BCUT2D eigenvalue weighted by Crippen LogP contribution is -2.25. The lowest BCUT2D eigenvalue weighted by atomic mass is 9.70. The number of hydrogen-bond donors (Lipinski definition) is 0. The van der Waals surface area contributed by atoms with E-state index < -0.39 is 0 Å². The van der Waals surface area contributed by atoms with Crippen LogP contribution in [0, 0.1) is 13.8 Å². The second-order valence-corrected chi connectivity index (χ2v) is 13.5. The molecule has 10 rings (SSSR count). The van der Waals surface area contributed by atoms with Crippen molar-refractivity contribution >= 4 is 38.6 Å². The number of aryl methyl sites for hydroxylation is 2. The second kappa shape index (κ2) is 10.0. The number of benzene rings is 8. The van der Waals surface area contributed by atoms with Crippen LogP contribution in [0.15, 0.2) is 164 Å². The van der Waals surface area contributed by atoms with E-state index in [0.29, 0.717) is 0 Å². The Bertz CT molecular complexity index is 2550. The third kappa shape index (κ3) is 3.67. The van der Waals surface area contributed by atoms with Gasteiger partial charge in [-0.15, -0.1) is 0 Å². The maximum absolute atomic E-state index is 2.50. The van der Waals surface area contributed by atoms with Gasteiger partial charge >= 0.3 is 0 Å². The first-order valence-corrected chi connectivity index (χ1v) is 16.8. The van der Waals surface area contributed by atoms with Crippen molar-refractivity contribution in [1.82, 2.24) is 0 Å². The number of fused-ring (bicyclic) bond motifs is 12. The van der Waals surface area contributed by atoms with Crippen LogP contribution in [0.5, 0.6) is 0 Å². The standard InChI is InChI=1S/C47H33N/c1-30-20-22-37(24-31(30)2)48(36-14-4-3-5-15-36)38-23-21-34-27-42-41-26-32-12-6-7-13-33(32)28-45(41)47(46(42)29-35(34)25-38)43-18-10-8-16-39(43)40-17-9-11-19-44(40)47/h3-29H,1-2H3. The molecule has 0 atom stereocenters. The SMILES string of the molecule is Cc1ccc(N(c2ccccc2)c2ccc3cc4c(cc3c2)C2(c3ccccc3-c3ccccc32)c2cc3ccccc3cc2-4)cc1C. The summed E-state index contributed by atoms with van der Waals surface area (Å²) in [6.07, 6.45) is 0. The van der Waals surface area contributed by atoms with Crippen LogP contribution < -0.4 is 4.90 Å². The molecular weight excluding hydrogens is 579 g/mol. The van der Waals surface area contributed by atoms with E-state index in [1.165, 1.54) is 82.9 Å². The summed E-state index contributed by atoms with van der Waals surface area (Å²) in [5, 5.41) is 5.06. The highest BCUT2D eigenvalue weighted by molar-refractivity contribution is 6.04. The molecule has 0 unspecified atom stereocenters. The largest absolute Gasteiger partial charge is 0.310 e. The van der Waals surface area contributed by atoms with Gasteiger partial charge in [-0.05, 0) is 152 Å². The molecule has 8 aromatic carbocycles. The molecule has 0 fully saturated rings. The van der Waals surface area contributed by atoms with E-state index in [1.54, 1.807) is 0 Å². The third-order valence-electron chi connectivity index (χ3n) is 10.9. The summed E-state index contributed by atoms with van der Waals surface area (Å²) >= 11 is 0. The van der Waals surface area contributed by atoms with Crippen molar-refractivity contribution in [3.05, 3.63) is 197 Å². The normalized spacial score (nSPS) is 13.4. The maximum atomic E-state index is 2.50. The molecule has 0 heterocycles. The van der Waals surface area contributed by atoms with Gasteiger partial charge in [0, 0.05) is 17.1 Å². The Labute approximate surface area is 281 Å². The summed E-state index contributed by atoms with van der Waals surface area (Å²) in [5.41, 5.74) is 16.5. The summed E-state index contributed by atoms with van der Waals surface area (Å²) in [5.74, 6) is 0. The van der Waals surface area contributed by atoms with Crippen LogP contribution in [0.3, 0.4) is 0 Å². The predicted molar refractivity (Wildman–Crippen MR) is 202 cm³/mol. The van der Waals surface area contributed by atoms with Crippen LogP contribution >= 0.6 is 0 Å². The molecule has 1 heteroatoms. The van der Waals surface area contributed by atoms with Crippen molar-refractivity contribution in [3.8, 4) is 22.3 Å². The van der Waals surface area contributed by atoms with Crippen LogP contribution in [0.4, 0.5) is 17.1 Å². The Morgan fingerprint density at radius 1 is 0.333 bits per heavy atom. The van der Waals surface area contributed by atoms with E-state index in [-0.39, 0.29) is 5.41 Å². The predicted octanol–water partition coefficient (Wildman–Crippen LogP) is 12.4. The minimum atomic E-state index is -0.390. The summed E-state index contributed by atoms with van der Waals surface area (Å²) in [7, 11) is 0. The zero-order valence-corrected chi connectivity index (χ0v) is 27.0. The summed E-state index contributed by atoms with van der Waals surface area (Å²) in [6.45, 7) is 4.38. The van der Waals surface area contributed by atoms with Crippen molar-refractivity contribution in [2.24, 2.45) is 0 Å². The quantitative estimate of drug-likeness (QED) is 0.192. The molecule has 2 aliphatic carbocycles. The molecule has 0 aromatic heterocycles. The Balaban J connectivity index is 1.27. The molecule has 1 spiro atoms. The minimum absolute atomic E-state index is 0.390. The number of nitrogens with zero attached hydrogens (tertiary/aromatic N) is 1. The highest BCUT2D eigenvalue weighted by Gasteiger charge is 2.51. The van der Waals surface area contributed by atoms with Crippen LogP contribution in [-0.2, 0) is 5.41 Å². The van der Waals surface area contributed by atoms with Gasteiger partial charge < -0.3 is 4.90 Å².